The van der Waals surface area contributed by atoms with Crippen molar-refractivity contribution in [2.24, 2.45) is 0 Å². The molecule has 0 aliphatic carbocycles. The molecular formula is C21H22O4. The van der Waals surface area contributed by atoms with Gasteiger partial charge in [0, 0.05) is 6.07 Å². The van der Waals surface area contributed by atoms with Gasteiger partial charge in [-0.3, -0.25) is 4.79 Å². The highest BCUT2D eigenvalue weighted by Gasteiger charge is 2.11. The number of hydrogen-bond donors (Lipinski definition) is 0. The van der Waals surface area contributed by atoms with Crippen molar-refractivity contribution in [3.63, 3.8) is 0 Å². The predicted octanol–water partition coefficient (Wildman–Crippen LogP) is 5.38. The van der Waals surface area contributed by atoms with Crippen LogP contribution in [0.3, 0.4) is 0 Å². The Morgan fingerprint density at radius 3 is 2.68 bits per heavy atom. The van der Waals surface area contributed by atoms with E-state index in [0.29, 0.717) is 29.1 Å². The summed E-state index contributed by atoms with van der Waals surface area (Å²) in [5.41, 5.74) is 2.33. The third-order valence-electron chi connectivity index (χ3n) is 4.04. The lowest BCUT2D eigenvalue weighted by atomic mass is 10.1. The SMILES string of the molecule is CCCCOc1ccc2c(=O)c(Oc3cc(C)ccc3C)coc2c1. The van der Waals surface area contributed by atoms with E-state index in [-0.39, 0.29) is 11.2 Å². The van der Waals surface area contributed by atoms with E-state index < -0.39 is 0 Å². The molecule has 0 fully saturated rings. The zero-order valence-corrected chi connectivity index (χ0v) is 14.8. The molecule has 0 amide bonds. The molecule has 4 heteroatoms. The molecule has 2 aromatic carbocycles. The molecule has 0 radical (unpaired) electrons. The van der Waals surface area contributed by atoms with E-state index in [9.17, 15) is 4.79 Å². The summed E-state index contributed by atoms with van der Waals surface area (Å²) in [6.45, 7) is 6.69. The van der Waals surface area contributed by atoms with Gasteiger partial charge in [-0.1, -0.05) is 25.5 Å². The molecule has 0 atom stereocenters. The Morgan fingerprint density at radius 2 is 1.88 bits per heavy atom. The molecule has 0 aliphatic heterocycles. The van der Waals surface area contributed by atoms with Crippen molar-refractivity contribution in [2.45, 2.75) is 33.6 Å². The van der Waals surface area contributed by atoms with Gasteiger partial charge in [0.15, 0.2) is 0 Å². The van der Waals surface area contributed by atoms with E-state index in [1.54, 1.807) is 18.2 Å². The molecule has 130 valence electrons. The highest BCUT2D eigenvalue weighted by Crippen LogP contribution is 2.26. The van der Waals surface area contributed by atoms with Gasteiger partial charge in [0.25, 0.3) is 0 Å². The van der Waals surface area contributed by atoms with Crippen LogP contribution in [0.4, 0.5) is 0 Å². The van der Waals surface area contributed by atoms with Crippen LogP contribution >= 0.6 is 0 Å². The monoisotopic (exact) mass is 338 g/mol. The number of unbranched alkanes of at least 4 members (excludes halogenated alkanes) is 1. The second-order valence-corrected chi connectivity index (χ2v) is 6.16. The summed E-state index contributed by atoms with van der Waals surface area (Å²) in [6, 6.07) is 11.1. The standard InChI is InChI=1S/C21H22O4/c1-4-5-10-23-16-8-9-17-19(12-16)24-13-20(21(17)22)25-18-11-14(2)6-7-15(18)3/h6-9,11-13H,4-5,10H2,1-3H3. The van der Waals surface area contributed by atoms with Gasteiger partial charge in [0.2, 0.25) is 11.2 Å². The Hall–Kier alpha value is -2.75. The first-order valence-electron chi connectivity index (χ1n) is 8.52. The van der Waals surface area contributed by atoms with Gasteiger partial charge >= 0.3 is 0 Å². The van der Waals surface area contributed by atoms with Crippen LogP contribution in [0, 0.1) is 13.8 Å². The molecule has 1 aromatic heterocycles. The highest BCUT2D eigenvalue weighted by molar-refractivity contribution is 5.79. The van der Waals surface area contributed by atoms with Crippen molar-refractivity contribution < 1.29 is 13.9 Å². The van der Waals surface area contributed by atoms with Crippen LogP contribution in [0.15, 0.2) is 51.9 Å². The largest absolute Gasteiger partial charge is 0.493 e. The maximum atomic E-state index is 12.7. The fourth-order valence-corrected chi connectivity index (χ4v) is 2.52. The number of rotatable bonds is 6. The molecule has 3 rings (SSSR count). The summed E-state index contributed by atoms with van der Waals surface area (Å²) in [4.78, 5) is 12.7. The smallest absolute Gasteiger partial charge is 0.235 e. The first kappa shape index (κ1) is 17.1. The molecule has 0 N–H and O–H groups in total. The van der Waals surface area contributed by atoms with Crippen LogP contribution in [-0.4, -0.2) is 6.61 Å². The molecule has 4 nitrogen and oxygen atoms in total. The van der Waals surface area contributed by atoms with Crippen LogP contribution in [0.25, 0.3) is 11.0 Å². The summed E-state index contributed by atoms with van der Waals surface area (Å²) in [6.07, 6.45) is 3.43. The Bertz CT molecular complexity index is 940. The van der Waals surface area contributed by atoms with Crippen LogP contribution in [0.2, 0.25) is 0 Å². The average molecular weight is 338 g/mol. The topological polar surface area (TPSA) is 48.7 Å². The van der Waals surface area contributed by atoms with E-state index in [1.165, 1.54) is 6.26 Å². The van der Waals surface area contributed by atoms with Crippen molar-refractivity contribution in [3.05, 3.63) is 64.0 Å². The first-order valence-corrected chi connectivity index (χ1v) is 8.52. The van der Waals surface area contributed by atoms with Gasteiger partial charge in [-0.2, -0.15) is 0 Å². The zero-order chi connectivity index (χ0) is 17.8. The molecule has 0 spiro atoms. The summed E-state index contributed by atoms with van der Waals surface area (Å²) < 4.78 is 17.1. The van der Waals surface area contributed by atoms with Gasteiger partial charge in [-0.05, 0) is 49.6 Å². The lowest BCUT2D eigenvalue weighted by molar-refractivity contribution is 0.309. The lowest BCUT2D eigenvalue weighted by Gasteiger charge is -2.10. The van der Waals surface area contributed by atoms with Gasteiger partial charge in [0.1, 0.15) is 23.3 Å². The minimum absolute atomic E-state index is 0.181. The van der Waals surface area contributed by atoms with Gasteiger partial charge in [0.05, 0.1) is 12.0 Å². The fourth-order valence-electron chi connectivity index (χ4n) is 2.52. The van der Waals surface area contributed by atoms with Crippen molar-refractivity contribution in [1.82, 2.24) is 0 Å². The maximum absolute atomic E-state index is 12.7. The second-order valence-electron chi connectivity index (χ2n) is 6.16. The Kier molecular flexibility index (Phi) is 5.08. The van der Waals surface area contributed by atoms with Gasteiger partial charge < -0.3 is 13.9 Å². The van der Waals surface area contributed by atoms with Crippen LogP contribution in [0.5, 0.6) is 17.2 Å². The van der Waals surface area contributed by atoms with Crippen molar-refractivity contribution >= 4 is 11.0 Å². The average Bonchev–Trinajstić information content (AvgIpc) is 2.61. The molecule has 0 unspecified atom stereocenters. The van der Waals surface area contributed by atoms with Crippen LogP contribution < -0.4 is 14.9 Å². The Balaban J connectivity index is 1.90. The first-order chi connectivity index (χ1) is 12.1. The number of aryl methyl sites for hydroxylation is 2. The molecule has 3 aromatic rings. The summed E-state index contributed by atoms with van der Waals surface area (Å²) in [5, 5.41) is 0.477. The number of ether oxygens (including phenoxy) is 2. The lowest BCUT2D eigenvalue weighted by Crippen LogP contribution is -2.06. The number of hydrogen-bond acceptors (Lipinski definition) is 4. The van der Waals surface area contributed by atoms with E-state index in [4.69, 9.17) is 13.9 Å². The quantitative estimate of drug-likeness (QED) is 0.566. The Morgan fingerprint density at radius 1 is 1.04 bits per heavy atom. The molecule has 0 saturated heterocycles. The maximum Gasteiger partial charge on any atom is 0.235 e. The predicted molar refractivity (Wildman–Crippen MR) is 98.9 cm³/mol. The molecular weight excluding hydrogens is 316 g/mol. The van der Waals surface area contributed by atoms with Crippen molar-refractivity contribution in [3.8, 4) is 17.2 Å². The van der Waals surface area contributed by atoms with Crippen molar-refractivity contribution in [2.75, 3.05) is 6.61 Å². The third-order valence-corrected chi connectivity index (χ3v) is 4.04. The molecule has 1 heterocycles. The number of fused-ring (bicyclic) bond motifs is 1. The molecule has 25 heavy (non-hydrogen) atoms. The van der Waals surface area contributed by atoms with Crippen LogP contribution in [0.1, 0.15) is 30.9 Å². The van der Waals surface area contributed by atoms with Crippen molar-refractivity contribution in [1.29, 1.82) is 0 Å². The molecule has 0 saturated carbocycles. The van der Waals surface area contributed by atoms with Crippen LogP contribution in [-0.2, 0) is 0 Å². The minimum Gasteiger partial charge on any atom is -0.493 e. The molecule has 0 aliphatic rings. The fraction of sp³-hybridized carbons (Fsp3) is 0.286. The Labute approximate surface area is 147 Å². The summed E-state index contributed by atoms with van der Waals surface area (Å²) >= 11 is 0. The zero-order valence-electron chi connectivity index (χ0n) is 14.8. The second kappa shape index (κ2) is 7.43. The minimum atomic E-state index is -0.192. The van der Waals surface area contributed by atoms with Gasteiger partial charge in [-0.15, -0.1) is 0 Å². The van der Waals surface area contributed by atoms with Gasteiger partial charge in [-0.25, -0.2) is 0 Å². The molecule has 0 bridgehead atoms. The highest BCUT2D eigenvalue weighted by atomic mass is 16.5. The van der Waals surface area contributed by atoms with E-state index in [2.05, 4.69) is 6.92 Å². The number of benzene rings is 2. The normalized spacial score (nSPS) is 10.8. The summed E-state index contributed by atoms with van der Waals surface area (Å²) in [5.74, 6) is 1.54. The van der Waals surface area contributed by atoms with E-state index in [0.717, 1.165) is 24.0 Å². The van der Waals surface area contributed by atoms with E-state index >= 15 is 0 Å². The van der Waals surface area contributed by atoms with E-state index in [1.807, 2.05) is 32.0 Å². The third kappa shape index (κ3) is 3.85. The summed E-state index contributed by atoms with van der Waals surface area (Å²) in [7, 11) is 0.